The average Bonchev–Trinajstić information content (AvgIpc) is 2.38. The maximum atomic E-state index is 11.6. The van der Waals surface area contributed by atoms with E-state index in [0.717, 1.165) is 4.90 Å². The van der Waals surface area contributed by atoms with Crippen LogP contribution in [0, 0.1) is 0 Å². The minimum absolute atomic E-state index is 0.486. The van der Waals surface area contributed by atoms with Crippen molar-refractivity contribution in [3.63, 3.8) is 0 Å². The van der Waals surface area contributed by atoms with Gasteiger partial charge in [-0.2, -0.15) is 0 Å². The van der Waals surface area contributed by atoms with Crippen LogP contribution in [0.15, 0.2) is 29.2 Å². The van der Waals surface area contributed by atoms with Crippen molar-refractivity contribution in [2.45, 2.75) is 17.4 Å². The minimum Gasteiger partial charge on any atom is -0.481 e. The molecule has 0 heterocycles. The molecule has 0 unspecified atom stereocenters. The van der Waals surface area contributed by atoms with Crippen LogP contribution in [0.5, 0.6) is 0 Å². The molecule has 1 rings (SSSR count). The Morgan fingerprint density at radius 2 is 1.80 bits per heavy atom. The van der Waals surface area contributed by atoms with Crippen LogP contribution in [0.25, 0.3) is 0 Å². The van der Waals surface area contributed by atoms with E-state index in [2.05, 4.69) is 10.6 Å². The number of aliphatic carboxylic acids is 2. The zero-order valence-electron chi connectivity index (χ0n) is 10.6. The lowest BCUT2D eigenvalue weighted by molar-refractivity contribution is -0.145. The number of urea groups is 1. The van der Waals surface area contributed by atoms with Crippen molar-refractivity contribution < 1.29 is 24.6 Å². The topological polar surface area (TPSA) is 116 Å². The Balaban J connectivity index is 2.60. The Labute approximate surface area is 119 Å². The predicted molar refractivity (Wildman–Crippen MR) is 74.1 cm³/mol. The highest BCUT2D eigenvalue weighted by Gasteiger charge is 2.22. The van der Waals surface area contributed by atoms with Crippen molar-refractivity contribution in [3.05, 3.63) is 24.3 Å². The normalized spacial score (nSPS) is 11.4. The van der Waals surface area contributed by atoms with Crippen LogP contribution in [0.3, 0.4) is 0 Å². The Hall–Kier alpha value is -2.22. The first-order valence-electron chi connectivity index (χ1n) is 5.58. The molecule has 7 nitrogen and oxygen atoms in total. The molecule has 0 spiro atoms. The number of benzene rings is 1. The molecular weight excluding hydrogens is 284 g/mol. The standard InChI is InChI=1S/C12H14N2O5S/c1-20-8-4-2-7(3-5-8)13-12(19)14-9(11(17)18)6-10(15)16/h2-5,9H,6H2,1H3,(H,15,16)(H,17,18)(H2,13,14,19)/t9-/m0/s1. The third-order valence-corrected chi connectivity index (χ3v) is 3.07. The molecule has 0 saturated carbocycles. The Morgan fingerprint density at radius 3 is 2.25 bits per heavy atom. The molecule has 20 heavy (non-hydrogen) atoms. The molecule has 0 fully saturated rings. The molecule has 0 aromatic heterocycles. The number of hydrogen-bond donors (Lipinski definition) is 4. The molecule has 8 heteroatoms. The molecule has 0 aliphatic carbocycles. The molecule has 0 radical (unpaired) electrons. The van der Waals surface area contributed by atoms with E-state index in [9.17, 15) is 14.4 Å². The fourth-order valence-corrected chi connectivity index (χ4v) is 1.78. The van der Waals surface area contributed by atoms with Crippen molar-refractivity contribution in [2.75, 3.05) is 11.6 Å². The van der Waals surface area contributed by atoms with Crippen molar-refractivity contribution in [2.24, 2.45) is 0 Å². The van der Waals surface area contributed by atoms with E-state index in [-0.39, 0.29) is 0 Å². The van der Waals surface area contributed by atoms with Crippen LogP contribution in [-0.4, -0.2) is 40.5 Å². The minimum atomic E-state index is -1.47. The van der Waals surface area contributed by atoms with E-state index in [0.29, 0.717) is 5.69 Å². The van der Waals surface area contributed by atoms with Gasteiger partial charge in [0.1, 0.15) is 6.04 Å². The third kappa shape index (κ3) is 5.19. The van der Waals surface area contributed by atoms with Gasteiger partial charge in [0, 0.05) is 10.6 Å². The van der Waals surface area contributed by atoms with Gasteiger partial charge < -0.3 is 20.8 Å². The fourth-order valence-electron chi connectivity index (χ4n) is 1.37. The molecule has 2 amide bonds. The number of carboxylic acid groups (broad SMARTS) is 2. The molecule has 0 saturated heterocycles. The van der Waals surface area contributed by atoms with E-state index in [1.165, 1.54) is 0 Å². The highest BCUT2D eigenvalue weighted by atomic mass is 32.2. The van der Waals surface area contributed by atoms with Crippen LogP contribution in [0.2, 0.25) is 0 Å². The summed E-state index contributed by atoms with van der Waals surface area (Å²) >= 11 is 1.55. The summed E-state index contributed by atoms with van der Waals surface area (Å²) in [5, 5.41) is 21.9. The van der Waals surface area contributed by atoms with E-state index < -0.39 is 30.4 Å². The second-order valence-electron chi connectivity index (χ2n) is 3.82. The summed E-state index contributed by atoms with van der Waals surface area (Å²) in [6.07, 6.45) is 1.23. The number of carboxylic acids is 2. The molecular formula is C12H14N2O5S. The highest BCUT2D eigenvalue weighted by Crippen LogP contribution is 2.17. The number of nitrogens with one attached hydrogen (secondary N) is 2. The van der Waals surface area contributed by atoms with Crippen LogP contribution in [0.1, 0.15) is 6.42 Å². The summed E-state index contributed by atoms with van der Waals surface area (Å²) in [6.45, 7) is 0. The summed E-state index contributed by atoms with van der Waals surface area (Å²) < 4.78 is 0. The second kappa shape index (κ2) is 7.39. The van der Waals surface area contributed by atoms with Gasteiger partial charge in [0.05, 0.1) is 6.42 Å². The molecule has 1 aromatic carbocycles. The van der Waals surface area contributed by atoms with Gasteiger partial charge in [-0.1, -0.05) is 0 Å². The molecule has 108 valence electrons. The van der Waals surface area contributed by atoms with Crippen LogP contribution in [-0.2, 0) is 9.59 Å². The monoisotopic (exact) mass is 298 g/mol. The molecule has 4 N–H and O–H groups in total. The lowest BCUT2D eigenvalue weighted by Gasteiger charge is -2.13. The first kappa shape index (κ1) is 15.8. The zero-order valence-corrected chi connectivity index (χ0v) is 11.4. The number of anilines is 1. The van der Waals surface area contributed by atoms with E-state index in [1.54, 1.807) is 36.0 Å². The van der Waals surface area contributed by atoms with E-state index in [4.69, 9.17) is 10.2 Å². The molecule has 0 bridgehead atoms. The molecule has 0 aliphatic rings. The Kier molecular flexibility index (Phi) is 5.85. The summed E-state index contributed by atoms with van der Waals surface area (Å²) in [5.41, 5.74) is 0.486. The smallest absolute Gasteiger partial charge is 0.326 e. The average molecular weight is 298 g/mol. The van der Waals surface area contributed by atoms with Crippen LogP contribution >= 0.6 is 11.8 Å². The van der Waals surface area contributed by atoms with E-state index in [1.807, 2.05) is 6.26 Å². The van der Waals surface area contributed by atoms with Gasteiger partial charge in [-0.25, -0.2) is 9.59 Å². The highest BCUT2D eigenvalue weighted by molar-refractivity contribution is 7.98. The fraction of sp³-hybridized carbons (Fsp3) is 0.250. The van der Waals surface area contributed by atoms with E-state index >= 15 is 0 Å². The van der Waals surface area contributed by atoms with Crippen molar-refractivity contribution in [3.8, 4) is 0 Å². The first-order valence-corrected chi connectivity index (χ1v) is 6.81. The third-order valence-electron chi connectivity index (χ3n) is 2.33. The number of hydrogen-bond acceptors (Lipinski definition) is 4. The van der Waals surface area contributed by atoms with Crippen molar-refractivity contribution in [1.29, 1.82) is 0 Å². The van der Waals surface area contributed by atoms with Crippen molar-refractivity contribution in [1.82, 2.24) is 5.32 Å². The zero-order chi connectivity index (χ0) is 15.1. The lowest BCUT2D eigenvalue weighted by Crippen LogP contribution is -2.44. The maximum Gasteiger partial charge on any atom is 0.326 e. The van der Waals surface area contributed by atoms with Gasteiger partial charge in [0.15, 0.2) is 0 Å². The van der Waals surface area contributed by atoms with Crippen LogP contribution < -0.4 is 10.6 Å². The first-order chi connectivity index (χ1) is 9.42. The predicted octanol–water partition coefficient (Wildman–Crippen LogP) is 1.46. The van der Waals surface area contributed by atoms with Gasteiger partial charge in [-0.05, 0) is 30.5 Å². The second-order valence-corrected chi connectivity index (χ2v) is 4.70. The summed E-state index contributed by atoms with van der Waals surface area (Å²) in [7, 11) is 0. The Morgan fingerprint density at radius 1 is 1.20 bits per heavy atom. The Bertz CT molecular complexity index is 503. The van der Waals surface area contributed by atoms with Crippen LogP contribution in [0.4, 0.5) is 10.5 Å². The summed E-state index contributed by atoms with van der Waals surface area (Å²) in [4.78, 5) is 33.9. The summed E-state index contributed by atoms with van der Waals surface area (Å²) in [6, 6.07) is 4.68. The van der Waals surface area contributed by atoms with Gasteiger partial charge in [-0.3, -0.25) is 4.79 Å². The number of thioether (sulfide) groups is 1. The largest absolute Gasteiger partial charge is 0.481 e. The number of amides is 2. The maximum absolute atomic E-state index is 11.6. The number of carbonyl (C=O) groups excluding carboxylic acids is 1. The van der Waals surface area contributed by atoms with Crippen molar-refractivity contribution >= 4 is 35.4 Å². The molecule has 0 aliphatic heterocycles. The quantitative estimate of drug-likeness (QED) is 0.591. The molecule has 1 aromatic rings. The lowest BCUT2D eigenvalue weighted by atomic mass is 10.2. The van der Waals surface area contributed by atoms with Gasteiger partial charge in [-0.15, -0.1) is 11.8 Å². The molecule has 1 atom stereocenters. The van der Waals surface area contributed by atoms with Gasteiger partial charge in [0.2, 0.25) is 0 Å². The van der Waals surface area contributed by atoms with Gasteiger partial charge >= 0.3 is 18.0 Å². The number of carbonyl (C=O) groups is 3. The number of rotatable bonds is 6. The SMILES string of the molecule is CSc1ccc(NC(=O)N[C@@H](CC(=O)O)C(=O)O)cc1. The summed E-state index contributed by atoms with van der Waals surface area (Å²) in [5.74, 6) is -2.71. The van der Waals surface area contributed by atoms with Gasteiger partial charge in [0.25, 0.3) is 0 Å².